The molecule has 1 aromatic heterocycles. The Hall–Kier alpha value is -2.14. The summed E-state index contributed by atoms with van der Waals surface area (Å²) in [5, 5.41) is 0. The van der Waals surface area contributed by atoms with Crippen molar-refractivity contribution in [3.05, 3.63) is 57.3 Å². The van der Waals surface area contributed by atoms with Gasteiger partial charge in [-0.25, -0.2) is 4.98 Å². The highest BCUT2D eigenvalue weighted by Gasteiger charge is 2.20. The summed E-state index contributed by atoms with van der Waals surface area (Å²) in [7, 11) is 1.68. The van der Waals surface area contributed by atoms with Crippen LogP contribution < -0.4 is 10.3 Å². The molecule has 110 valence electrons. The second-order valence-electron chi connectivity index (χ2n) is 5.39. The van der Waals surface area contributed by atoms with E-state index >= 15 is 0 Å². The first-order valence-corrected chi connectivity index (χ1v) is 7.09. The summed E-state index contributed by atoms with van der Waals surface area (Å²) >= 11 is 0. The van der Waals surface area contributed by atoms with Crippen molar-refractivity contribution in [1.82, 2.24) is 14.9 Å². The van der Waals surface area contributed by atoms with Gasteiger partial charge in [-0.2, -0.15) is 0 Å². The molecule has 0 spiro atoms. The van der Waals surface area contributed by atoms with Crippen molar-refractivity contribution in [3.8, 4) is 5.75 Å². The summed E-state index contributed by atoms with van der Waals surface area (Å²) in [4.78, 5) is 21.5. The highest BCUT2D eigenvalue weighted by Crippen LogP contribution is 2.19. The molecule has 2 aromatic rings. The SMILES string of the molecule is COc1cccc(CN2CCc3c(nc(C)[nH]c3=O)C2)c1. The van der Waals surface area contributed by atoms with Gasteiger partial charge in [0.2, 0.25) is 0 Å². The number of hydrogen-bond acceptors (Lipinski definition) is 4. The topological polar surface area (TPSA) is 58.2 Å². The Kier molecular flexibility index (Phi) is 3.75. The molecule has 3 rings (SSSR count). The molecule has 2 heterocycles. The Balaban J connectivity index is 1.78. The van der Waals surface area contributed by atoms with E-state index in [2.05, 4.69) is 20.9 Å². The molecule has 0 amide bonds. The quantitative estimate of drug-likeness (QED) is 0.931. The maximum Gasteiger partial charge on any atom is 0.254 e. The number of aromatic nitrogens is 2. The third-order valence-electron chi connectivity index (χ3n) is 3.81. The zero-order valence-corrected chi connectivity index (χ0v) is 12.3. The van der Waals surface area contributed by atoms with Crippen LogP contribution in [0.4, 0.5) is 0 Å². The molecule has 0 saturated heterocycles. The van der Waals surface area contributed by atoms with Crippen LogP contribution in [0.5, 0.6) is 5.75 Å². The van der Waals surface area contributed by atoms with Gasteiger partial charge in [-0.3, -0.25) is 9.69 Å². The number of aromatic amines is 1. The van der Waals surface area contributed by atoms with Gasteiger partial charge < -0.3 is 9.72 Å². The summed E-state index contributed by atoms with van der Waals surface area (Å²) in [6.07, 6.45) is 0.752. The highest BCUT2D eigenvalue weighted by molar-refractivity contribution is 5.29. The number of aryl methyl sites for hydroxylation is 1. The third kappa shape index (κ3) is 2.97. The van der Waals surface area contributed by atoms with Crippen LogP contribution in [-0.2, 0) is 19.5 Å². The van der Waals surface area contributed by atoms with E-state index in [0.29, 0.717) is 5.82 Å². The molecule has 1 aliphatic heterocycles. The van der Waals surface area contributed by atoms with Crippen molar-refractivity contribution in [2.24, 2.45) is 0 Å². The molecule has 0 saturated carbocycles. The zero-order valence-electron chi connectivity index (χ0n) is 12.3. The molecule has 0 unspecified atom stereocenters. The maximum absolute atomic E-state index is 11.9. The number of rotatable bonds is 3. The molecule has 0 fully saturated rings. The van der Waals surface area contributed by atoms with E-state index in [1.54, 1.807) is 7.11 Å². The zero-order chi connectivity index (χ0) is 14.8. The van der Waals surface area contributed by atoms with Crippen molar-refractivity contribution < 1.29 is 4.74 Å². The van der Waals surface area contributed by atoms with Gasteiger partial charge in [0.15, 0.2) is 0 Å². The smallest absolute Gasteiger partial charge is 0.254 e. The summed E-state index contributed by atoms with van der Waals surface area (Å²) in [6, 6.07) is 8.08. The Bertz CT molecular complexity index is 709. The number of methoxy groups -OCH3 is 1. The second-order valence-corrected chi connectivity index (χ2v) is 5.39. The van der Waals surface area contributed by atoms with Gasteiger partial charge in [0, 0.05) is 25.2 Å². The molecule has 21 heavy (non-hydrogen) atoms. The molecule has 1 N–H and O–H groups in total. The molecule has 0 radical (unpaired) electrons. The fraction of sp³-hybridized carbons (Fsp3) is 0.375. The molecule has 1 aliphatic rings. The minimum Gasteiger partial charge on any atom is -0.497 e. The first kappa shape index (κ1) is 13.8. The van der Waals surface area contributed by atoms with Crippen molar-refractivity contribution in [1.29, 1.82) is 0 Å². The van der Waals surface area contributed by atoms with Gasteiger partial charge in [0.25, 0.3) is 5.56 Å². The predicted octanol–water partition coefficient (Wildman–Crippen LogP) is 1.65. The van der Waals surface area contributed by atoms with Crippen LogP contribution in [0.3, 0.4) is 0 Å². The van der Waals surface area contributed by atoms with Gasteiger partial charge in [0.1, 0.15) is 11.6 Å². The fourth-order valence-electron chi connectivity index (χ4n) is 2.78. The summed E-state index contributed by atoms with van der Waals surface area (Å²) in [5.74, 6) is 1.55. The number of H-pyrrole nitrogens is 1. The van der Waals surface area contributed by atoms with E-state index in [-0.39, 0.29) is 5.56 Å². The van der Waals surface area contributed by atoms with Crippen LogP contribution in [0.25, 0.3) is 0 Å². The Morgan fingerprint density at radius 2 is 2.29 bits per heavy atom. The lowest BCUT2D eigenvalue weighted by molar-refractivity contribution is 0.240. The lowest BCUT2D eigenvalue weighted by Gasteiger charge is -2.27. The van der Waals surface area contributed by atoms with E-state index < -0.39 is 0 Å². The lowest BCUT2D eigenvalue weighted by Crippen LogP contribution is -2.35. The molecular formula is C16H19N3O2. The number of ether oxygens (including phenoxy) is 1. The van der Waals surface area contributed by atoms with E-state index in [4.69, 9.17) is 4.74 Å². The summed E-state index contributed by atoms with van der Waals surface area (Å²) < 4.78 is 5.26. The number of nitrogens with zero attached hydrogens (tertiary/aromatic N) is 2. The monoisotopic (exact) mass is 285 g/mol. The Morgan fingerprint density at radius 1 is 1.43 bits per heavy atom. The van der Waals surface area contributed by atoms with E-state index in [1.165, 1.54) is 5.56 Å². The van der Waals surface area contributed by atoms with Gasteiger partial charge in [-0.05, 0) is 31.0 Å². The molecule has 0 bridgehead atoms. The van der Waals surface area contributed by atoms with Crippen molar-refractivity contribution >= 4 is 0 Å². The minimum atomic E-state index is 0.0125. The average molecular weight is 285 g/mol. The number of fused-ring (bicyclic) bond motifs is 1. The third-order valence-corrected chi connectivity index (χ3v) is 3.81. The van der Waals surface area contributed by atoms with Crippen LogP contribution in [0.15, 0.2) is 29.1 Å². The molecule has 5 nitrogen and oxygen atoms in total. The predicted molar refractivity (Wildman–Crippen MR) is 80.4 cm³/mol. The second kappa shape index (κ2) is 5.69. The molecule has 0 aliphatic carbocycles. The molecule has 1 aromatic carbocycles. The molecular weight excluding hydrogens is 266 g/mol. The first-order valence-electron chi connectivity index (χ1n) is 7.09. The van der Waals surface area contributed by atoms with Crippen LogP contribution in [-0.4, -0.2) is 28.5 Å². The number of benzene rings is 1. The minimum absolute atomic E-state index is 0.0125. The average Bonchev–Trinajstić information content (AvgIpc) is 2.47. The molecule has 5 heteroatoms. The largest absolute Gasteiger partial charge is 0.497 e. The summed E-state index contributed by atoms with van der Waals surface area (Å²) in [6.45, 7) is 4.25. The number of hydrogen-bond donors (Lipinski definition) is 1. The van der Waals surface area contributed by atoms with E-state index in [1.807, 2.05) is 25.1 Å². The van der Waals surface area contributed by atoms with Crippen LogP contribution in [0.2, 0.25) is 0 Å². The number of nitrogens with one attached hydrogen (secondary N) is 1. The Morgan fingerprint density at radius 3 is 3.10 bits per heavy atom. The van der Waals surface area contributed by atoms with Crippen molar-refractivity contribution in [2.75, 3.05) is 13.7 Å². The highest BCUT2D eigenvalue weighted by atomic mass is 16.5. The maximum atomic E-state index is 11.9. The van der Waals surface area contributed by atoms with Crippen molar-refractivity contribution in [3.63, 3.8) is 0 Å². The van der Waals surface area contributed by atoms with Gasteiger partial charge in [-0.15, -0.1) is 0 Å². The van der Waals surface area contributed by atoms with Gasteiger partial charge in [-0.1, -0.05) is 12.1 Å². The van der Waals surface area contributed by atoms with E-state index in [9.17, 15) is 4.79 Å². The standard InChI is InChI=1S/C16H19N3O2/c1-11-17-15-10-19(7-6-14(15)16(20)18-11)9-12-4-3-5-13(8-12)21-2/h3-5,8H,6-7,9-10H2,1-2H3,(H,17,18,20). The van der Waals surface area contributed by atoms with Gasteiger partial charge in [0.05, 0.1) is 12.8 Å². The van der Waals surface area contributed by atoms with Crippen LogP contribution in [0.1, 0.15) is 22.6 Å². The lowest BCUT2D eigenvalue weighted by atomic mass is 10.1. The van der Waals surface area contributed by atoms with Crippen molar-refractivity contribution in [2.45, 2.75) is 26.4 Å². The van der Waals surface area contributed by atoms with Gasteiger partial charge >= 0.3 is 0 Å². The van der Waals surface area contributed by atoms with E-state index in [0.717, 1.165) is 43.1 Å². The van der Waals surface area contributed by atoms with Crippen LogP contribution in [0, 0.1) is 6.92 Å². The normalized spacial score (nSPS) is 14.8. The van der Waals surface area contributed by atoms with Crippen LogP contribution >= 0.6 is 0 Å². The molecule has 0 atom stereocenters. The Labute approximate surface area is 123 Å². The summed E-state index contributed by atoms with van der Waals surface area (Å²) in [5.41, 5.74) is 2.96. The first-order chi connectivity index (χ1) is 10.2. The fourth-order valence-corrected chi connectivity index (χ4v) is 2.78.